The average Bonchev–Trinajstić information content (AvgIpc) is 3.70. The molecule has 1 aliphatic rings. The number of amides is 1. The van der Waals surface area contributed by atoms with E-state index in [1.807, 2.05) is 0 Å². The van der Waals surface area contributed by atoms with E-state index in [0.29, 0.717) is 12.8 Å². The molecule has 1 unspecified atom stereocenters. The lowest BCUT2D eigenvalue weighted by Gasteiger charge is -2.22. The van der Waals surface area contributed by atoms with E-state index in [0.717, 1.165) is 38.5 Å². The second kappa shape index (κ2) is 22.9. The van der Waals surface area contributed by atoms with Crippen LogP contribution in [0.3, 0.4) is 0 Å². The van der Waals surface area contributed by atoms with Crippen LogP contribution in [0.4, 0.5) is 10.2 Å². The first kappa shape index (κ1) is 42.6. The molecule has 13 nitrogen and oxygen atoms in total. The number of carbonyl (C=O) groups is 1. The molecular weight excluding hydrogens is 736 g/mol. The number of ether oxygens (including phenoxy) is 1. The van der Waals surface area contributed by atoms with Gasteiger partial charge in [-0.25, -0.2) is 19.0 Å². The third-order valence-corrected chi connectivity index (χ3v) is 9.77. The summed E-state index contributed by atoms with van der Waals surface area (Å²) in [5.74, 6) is 0.104. The minimum absolute atomic E-state index is 0.000175. The van der Waals surface area contributed by atoms with Crippen LogP contribution in [0.5, 0.6) is 5.75 Å². The fourth-order valence-electron chi connectivity index (χ4n) is 5.29. The van der Waals surface area contributed by atoms with Crippen LogP contribution in [0.25, 0.3) is 11.2 Å². The second-order valence-corrected chi connectivity index (χ2v) is 14.3. The van der Waals surface area contributed by atoms with E-state index in [2.05, 4.69) is 93.0 Å². The Hall–Kier alpha value is -4.17. The number of benzene rings is 1. The third kappa shape index (κ3) is 13.9. The molecule has 54 heavy (non-hydrogen) atoms. The number of unbranched alkanes of at least 4 members (excludes halogenated alkanes) is 1. The Labute approximate surface area is 320 Å². The third-order valence-electron chi connectivity index (χ3n) is 8.05. The molecule has 0 bridgehead atoms. The Morgan fingerprint density at radius 2 is 1.67 bits per heavy atom. The highest BCUT2D eigenvalue weighted by molar-refractivity contribution is 7.52. The molecule has 2 aromatic heterocycles. The smallest absolute Gasteiger partial charge is 0.413 e. The van der Waals surface area contributed by atoms with E-state index in [1.165, 1.54) is 10.9 Å². The zero-order valence-corrected chi connectivity index (χ0v) is 32.0. The molecule has 0 radical (unpaired) electrons. The number of nitrogens with zero attached hydrogens (tertiary/aromatic N) is 4. The largest absolute Gasteiger partial charge is 0.458 e. The molecular formula is C38H50ClFN7O6P. The predicted molar refractivity (Wildman–Crippen MR) is 210 cm³/mol. The fourth-order valence-corrected chi connectivity index (χ4v) is 6.80. The van der Waals surface area contributed by atoms with Crippen molar-refractivity contribution in [2.24, 2.45) is 0 Å². The number of carbonyl (C=O) groups excluding carboxylic acids is 1. The van der Waals surface area contributed by atoms with Gasteiger partial charge in [-0.15, -0.1) is 0 Å². The number of rotatable bonds is 23. The first-order chi connectivity index (χ1) is 26.2. The van der Waals surface area contributed by atoms with Gasteiger partial charge < -0.3 is 25.4 Å². The van der Waals surface area contributed by atoms with Crippen molar-refractivity contribution >= 4 is 42.2 Å². The summed E-state index contributed by atoms with van der Waals surface area (Å²) in [6.07, 6.45) is 23.1. The van der Waals surface area contributed by atoms with Gasteiger partial charge >= 0.3 is 7.75 Å². The zero-order valence-electron chi connectivity index (χ0n) is 30.4. The first-order valence-corrected chi connectivity index (χ1v) is 20.0. The number of fused-ring (bicyclic) bond motifs is 1. The monoisotopic (exact) mass is 785 g/mol. The lowest BCUT2D eigenvalue weighted by atomic mass is 10.1. The molecule has 0 saturated carbocycles. The Balaban J connectivity index is 1.16. The van der Waals surface area contributed by atoms with Gasteiger partial charge in [0.05, 0.1) is 12.9 Å². The number of aliphatic hydroxyl groups excluding tert-OH is 1. The molecule has 3 aromatic rings. The highest BCUT2D eigenvalue weighted by Crippen LogP contribution is 2.45. The highest BCUT2D eigenvalue weighted by Gasteiger charge is 2.47. The molecule has 1 aromatic carbocycles. The summed E-state index contributed by atoms with van der Waals surface area (Å²) in [5.41, 5.74) is 6.16. The van der Waals surface area contributed by atoms with Crippen LogP contribution in [-0.2, 0) is 18.6 Å². The molecule has 1 amide bonds. The van der Waals surface area contributed by atoms with Crippen LogP contribution in [0.1, 0.15) is 64.5 Å². The van der Waals surface area contributed by atoms with Crippen molar-refractivity contribution in [3.63, 3.8) is 0 Å². The Bertz CT molecular complexity index is 1800. The number of halogens is 2. The summed E-state index contributed by atoms with van der Waals surface area (Å²) in [7, 11) is -4.10. The van der Waals surface area contributed by atoms with Crippen molar-refractivity contribution in [3.8, 4) is 5.75 Å². The fraction of sp³-hybridized carbons (Fsp3) is 0.421. The molecule has 16 heteroatoms. The molecule has 5 atom stereocenters. The van der Waals surface area contributed by atoms with Gasteiger partial charge in [0.15, 0.2) is 23.9 Å². The van der Waals surface area contributed by atoms with Gasteiger partial charge in [0.1, 0.15) is 23.5 Å². The van der Waals surface area contributed by atoms with Gasteiger partial charge in [0.25, 0.3) is 0 Å². The number of para-hydroxylation sites is 1. The van der Waals surface area contributed by atoms with E-state index < -0.39 is 39.0 Å². The van der Waals surface area contributed by atoms with Crippen molar-refractivity contribution in [2.75, 3.05) is 25.4 Å². The summed E-state index contributed by atoms with van der Waals surface area (Å²) in [6, 6.07) is 8.33. The van der Waals surface area contributed by atoms with Gasteiger partial charge in [-0.1, -0.05) is 85.9 Å². The zero-order chi connectivity index (χ0) is 38.6. The molecule has 3 heterocycles. The van der Waals surface area contributed by atoms with Crippen molar-refractivity contribution in [2.45, 2.75) is 82.9 Å². The van der Waals surface area contributed by atoms with Crippen LogP contribution in [-0.4, -0.2) is 68.6 Å². The van der Waals surface area contributed by atoms with Crippen LogP contribution in [0, 0.1) is 0 Å². The number of alkyl halides is 1. The van der Waals surface area contributed by atoms with Crippen LogP contribution in [0.15, 0.2) is 97.4 Å². The second-order valence-electron chi connectivity index (χ2n) is 12.3. The lowest BCUT2D eigenvalue weighted by Crippen LogP contribution is -2.34. The summed E-state index contributed by atoms with van der Waals surface area (Å²) in [6.45, 7) is 1.81. The standard InChI is InChI=1S/C38H50ClFN7O6P/c1-2-3-4-5-6-7-8-9-10-11-12-13-14-15-16-17-21-24-31(48)42-25-26-44-54(50,53-29-22-19-18-20-23-29)51-27-30-34(49)32(40)37(52-30)47-28-43-33-35(41)45-38(39)46-36(33)47/h3-4,6-7,9-10,12-13,15-16,18-20,22-23,28,30,32,34,37,49H,2,5,8,11,14,17,21,24-27H2,1H3,(H,42,48)(H,44,50)(H2,41,45,46)/b4-3+,7-6-,10-9-,13-12-,16-15-/t30-,32+,34-,37-,54?/m1/s1. The lowest BCUT2D eigenvalue weighted by molar-refractivity contribution is -0.121. The molecule has 292 valence electrons. The number of nitrogens with one attached hydrogen (secondary N) is 2. The molecule has 0 aliphatic carbocycles. The normalized spacial score (nSPS) is 20.4. The number of allylic oxidation sites excluding steroid dienone is 10. The Kier molecular flexibility index (Phi) is 18.1. The van der Waals surface area contributed by atoms with E-state index >= 15 is 4.39 Å². The number of anilines is 1. The number of aromatic nitrogens is 4. The SMILES string of the molecule is CC/C=C/C/C=C\C/C=C\C/C=C\C/C=C\CCCC(=O)NCCNP(=O)(OC[C@H]1O[C@@H](n2cnc3c(N)nc(Cl)nc32)[C@@H](F)[C@@H]1O)Oc1ccccc1. The Morgan fingerprint density at radius 1 is 1.02 bits per heavy atom. The van der Waals surface area contributed by atoms with E-state index in [-0.39, 0.29) is 47.0 Å². The molecule has 5 N–H and O–H groups in total. The van der Waals surface area contributed by atoms with Gasteiger partial charge in [0.2, 0.25) is 11.2 Å². The van der Waals surface area contributed by atoms with Gasteiger partial charge in [-0.3, -0.25) is 13.9 Å². The molecule has 1 fully saturated rings. The quantitative estimate of drug-likeness (QED) is 0.0324. The topological polar surface area (TPSA) is 176 Å². The highest BCUT2D eigenvalue weighted by atomic mass is 35.5. The molecule has 0 spiro atoms. The molecule has 1 saturated heterocycles. The minimum Gasteiger partial charge on any atom is -0.413 e. The maximum atomic E-state index is 15.3. The maximum Gasteiger partial charge on any atom is 0.458 e. The molecule has 4 rings (SSSR count). The first-order valence-electron chi connectivity index (χ1n) is 18.1. The summed E-state index contributed by atoms with van der Waals surface area (Å²) in [4.78, 5) is 24.4. The summed E-state index contributed by atoms with van der Waals surface area (Å²) in [5, 5.41) is 16.0. The average molecular weight is 786 g/mol. The Morgan fingerprint density at radius 3 is 2.33 bits per heavy atom. The number of hydrogen-bond acceptors (Lipinski definition) is 10. The predicted octanol–water partition coefficient (Wildman–Crippen LogP) is 7.49. The number of hydrogen-bond donors (Lipinski definition) is 4. The summed E-state index contributed by atoms with van der Waals surface area (Å²) >= 11 is 5.94. The number of imidazole rings is 1. The van der Waals surface area contributed by atoms with Crippen molar-refractivity contribution in [1.82, 2.24) is 29.9 Å². The maximum absolute atomic E-state index is 15.3. The minimum atomic E-state index is -4.10. The number of nitrogen functional groups attached to an aromatic ring is 1. The van der Waals surface area contributed by atoms with Gasteiger partial charge in [-0.2, -0.15) is 9.97 Å². The molecule has 1 aliphatic heterocycles. The van der Waals surface area contributed by atoms with Gasteiger partial charge in [0, 0.05) is 19.5 Å². The van der Waals surface area contributed by atoms with Gasteiger partial charge in [-0.05, 0) is 68.7 Å². The van der Waals surface area contributed by atoms with E-state index in [4.69, 9.17) is 31.1 Å². The number of nitrogens with two attached hydrogens (primary N) is 1. The van der Waals surface area contributed by atoms with Crippen molar-refractivity contribution < 1.29 is 32.6 Å². The van der Waals surface area contributed by atoms with Crippen molar-refractivity contribution in [3.05, 3.63) is 103 Å². The van der Waals surface area contributed by atoms with Crippen LogP contribution in [0.2, 0.25) is 5.28 Å². The van der Waals surface area contributed by atoms with Crippen LogP contribution >= 0.6 is 19.3 Å². The summed E-state index contributed by atoms with van der Waals surface area (Å²) < 4.78 is 47.5. The van der Waals surface area contributed by atoms with Crippen LogP contribution < -0.4 is 20.7 Å². The van der Waals surface area contributed by atoms with E-state index in [1.54, 1.807) is 30.3 Å². The van der Waals surface area contributed by atoms with E-state index in [9.17, 15) is 14.5 Å². The number of aliphatic hydroxyl groups is 1. The van der Waals surface area contributed by atoms with Crippen molar-refractivity contribution in [1.29, 1.82) is 0 Å².